The number of unbranched alkanes of at least 4 members (excludes halogenated alkanes) is 1. The van der Waals surface area contributed by atoms with E-state index in [1.165, 1.54) is 0 Å². The molecule has 1 atom stereocenters. The van der Waals surface area contributed by atoms with Crippen molar-refractivity contribution < 1.29 is 14.3 Å². The summed E-state index contributed by atoms with van der Waals surface area (Å²) in [6.45, 7) is 6.65. The number of nitrogens with one attached hydrogen (secondary N) is 1. The van der Waals surface area contributed by atoms with Crippen molar-refractivity contribution in [2.45, 2.75) is 46.2 Å². The second kappa shape index (κ2) is 11.6. The Morgan fingerprint density at radius 2 is 1.76 bits per heavy atom. The minimum absolute atomic E-state index is 0.119. The second-order valence-electron chi connectivity index (χ2n) is 7.07. The molecule has 0 aliphatic carbocycles. The summed E-state index contributed by atoms with van der Waals surface area (Å²) in [5.41, 5.74) is 2.07. The zero-order valence-electron chi connectivity index (χ0n) is 17.3. The van der Waals surface area contributed by atoms with Gasteiger partial charge in [0, 0.05) is 17.6 Å². The van der Waals surface area contributed by atoms with E-state index in [1.807, 2.05) is 55.5 Å². The first-order chi connectivity index (χ1) is 13.9. The molecule has 0 fully saturated rings. The van der Waals surface area contributed by atoms with Crippen LogP contribution < -0.4 is 10.1 Å². The summed E-state index contributed by atoms with van der Waals surface area (Å²) in [4.78, 5) is 27.1. The summed E-state index contributed by atoms with van der Waals surface area (Å²) in [6, 6.07) is 14.7. The lowest BCUT2D eigenvalue weighted by Gasteiger charge is -2.28. The van der Waals surface area contributed by atoms with Gasteiger partial charge in [-0.05, 0) is 50.1 Å². The second-order valence-corrected chi connectivity index (χ2v) is 7.99. The van der Waals surface area contributed by atoms with Gasteiger partial charge < -0.3 is 15.0 Å². The number of hydrogen-bond donors (Lipinski definition) is 1. The van der Waals surface area contributed by atoms with Crippen LogP contribution in [0.15, 0.2) is 53.0 Å². The molecule has 2 aromatic rings. The summed E-state index contributed by atoms with van der Waals surface area (Å²) >= 11 is 3.42. The van der Waals surface area contributed by atoms with E-state index >= 15 is 0 Å². The molecule has 0 bridgehead atoms. The van der Waals surface area contributed by atoms with Crippen LogP contribution in [0, 0.1) is 6.92 Å². The van der Waals surface area contributed by atoms with E-state index < -0.39 is 6.04 Å². The van der Waals surface area contributed by atoms with Gasteiger partial charge in [-0.3, -0.25) is 9.59 Å². The number of hydrogen-bond acceptors (Lipinski definition) is 3. The van der Waals surface area contributed by atoms with Crippen LogP contribution in [0.2, 0.25) is 0 Å². The molecule has 0 aliphatic heterocycles. The van der Waals surface area contributed by atoms with Crippen molar-refractivity contribution in [2.75, 3.05) is 13.2 Å². The van der Waals surface area contributed by atoms with Gasteiger partial charge in [-0.2, -0.15) is 0 Å². The number of amides is 2. The normalized spacial score (nSPS) is 11.6. The Bertz CT molecular complexity index is 791. The van der Waals surface area contributed by atoms with Gasteiger partial charge >= 0.3 is 0 Å². The molecule has 0 saturated heterocycles. The third-order valence-electron chi connectivity index (χ3n) is 4.65. The smallest absolute Gasteiger partial charge is 0.261 e. The molecule has 0 radical (unpaired) electrons. The number of halogens is 1. The summed E-state index contributed by atoms with van der Waals surface area (Å²) in [5.74, 6) is 0.249. The highest BCUT2D eigenvalue weighted by Gasteiger charge is 2.26. The van der Waals surface area contributed by atoms with E-state index in [9.17, 15) is 9.59 Å². The average Bonchev–Trinajstić information content (AvgIpc) is 2.72. The molecule has 0 aromatic heterocycles. The summed E-state index contributed by atoms with van der Waals surface area (Å²) in [5, 5.41) is 2.91. The fourth-order valence-electron chi connectivity index (χ4n) is 2.77. The molecule has 0 aliphatic rings. The van der Waals surface area contributed by atoms with Crippen LogP contribution in [0.1, 0.15) is 37.8 Å². The first-order valence-electron chi connectivity index (χ1n) is 9.91. The van der Waals surface area contributed by atoms with Crippen LogP contribution in [0.4, 0.5) is 0 Å². The molecule has 2 rings (SSSR count). The maximum atomic E-state index is 12.9. The van der Waals surface area contributed by atoms with Gasteiger partial charge in [0.1, 0.15) is 11.8 Å². The lowest BCUT2D eigenvalue weighted by atomic mass is 10.1. The topological polar surface area (TPSA) is 58.6 Å². The Kier molecular flexibility index (Phi) is 9.19. The fourth-order valence-corrected chi connectivity index (χ4v) is 3.03. The molecule has 6 heteroatoms. The van der Waals surface area contributed by atoms with Gasteiger partial charge in [0.25, 0.3) is 5.91 Å². The van der Waals surface area contributed by atoms with Gasteiger partial charge in [-0.1, -0.05) is 59.1 Å². The predicted octanol–water partition coefficient (Wildman–Crippen LogP) is 4.47. The van der Waals surface area contributed by atoms with E-state index in [-0.39, 0.29) is 18.4 Å². The van der Waals surface area contributed by atoms with Gasteiger partial charge in [0.05, 0.1) is 0 Å². The van der Waals surface area contributed by atoms with Gasteiger partial charge in [0.2, 0.25) is 5.91 Å². The van der Waals surface area contributed by atoms with Crippen molar-refractivity contribution in [3.63, 3.8) is 0 Å². The van der Waals surface area contributed by atoms with Crippen molar-refractivity contribution in [1.82, 2.24) is 10.2 Å². The van der Waals surface area contributed by atoms with E-state index in [1.54, 1.807) is 11.8 Å². The predicted molar refractivity (Wildman–Crippen MR) is 119 cm³/mol. The van der Waals surface area contributed by atoms with Crippen LogP contribution in [0.25, 0.3) is 0 Å². The third kappa shape index (κ3) is 7.54. The molecule has 156 valence electrons. The van der Waals surface area contributed by atoms with Gasteiger partial charge in [-0.15, -0.1) is 0 Å². The molecular formula is C23H29BrN2O3. The first kappa shape index (κ1) is 22.9. The molecule has 29 heavy (non-hydrogen) atoms. The van der Waals surface area contributed by atoms with E-state index in [0.29, 0.717) is 18.8 Å². The fraction of sp³-hybridized carbons (Fsp3) is 0.391. The number of ether oxygens (including phenoxy) is 1. The molecule has 0 spiro atoms. The highest BCUT2D eigenvalue weighted by atomic mass is 79.9. The standard InChI is InChI=1S/C23H29BrN2O3/c1-4-5-14-25-23(28)18(3)26(15-19-8-10-20(24)11-9-19)22(27)16-29-21-12-6-17(2)7-13-21/h6-13,18H,4-5,14-16H2,1-3H3,(H,25,28)/t18-/m1/s1. The highest BCUT2D eigenvalue weighted by molar-refractivity contribution is 9.10. The van der Waals surface area contributed by atoms with E-state index in [0.717, 1.165) is 28.4 Å². The molecule has 0 heterocycles. The lowest BCUT2D eigenvalue weighted by molar-refractivity contribution is -0.142. The van der Waals surface area contributed by atoms with Crippen LogP contribution in [-0.2, 0) is 16.1 Å². The minimum Gasteiger partial charge on any atom is -0.484 e. The molecule has 5 nitrogen and oxygen atoms in total. The van der Waals surface area contributed by atoms with E-state index in [2.05, 4.69) is 28.2 Å². The number of benzene rings is 2. The Morgan fingerprint density at radius 1 is 1.10 bits per heavy atom. The summed E-state index contributed by atoms with van der Waals surface area (Å²) < 4.78 is 6.62. The molecule has 2 aromatic carbocycles. The Balaban J connectivity index is 2.08. The maximum Gasteiger partial charge on any atom is 0.261 e. The van der Waals surface area contributed by atoms with Crippen LogP contribution in [0.5, 0.6) is 5.75 Å². The summed E-state index contributed by atoms with van der Waals surface area (Å²) in [7, 11) is 0. The molecular weight excluding hydrogens is 432 g/mol. The number of nitrogens with zero attached hydrogens (tertiary/aromatic N) is 1. The zero-order valence-corrected chi connectivity index (χ0v) is 18.9. The monoisotopic (exact) mass is 460 g/mol. The Labute approximate surface area is 181 Å². The molecule has 0 unspecified atom stereocenters. The zero-order chi connectivity index (χ0) is 21.2. The van der Waals surface area contributed by atoms with E-state index in [4.69, 9.17) is 4.74 Å². The van der Waals surface area contributed by atoms with Crippen LogP contribution in [-0.4, -0.2) is 35.9 Å². The number of carbonyl (C=O) groups is 2. The quantitative estimate of drug-likeness (QED) is 0.532. The van der Waals surface area contributed by atoms with Crippen molar-refractivity contribution >= 4 is 27.7 Å². The Hall–Kier alpha value is -2.34. The Morgan fingerprint density at radius 3 is 2.38 bits per heavy atom. The van der Waals surface area contributed by atoms with Crippen molar-refractivity contribution in [2.24, 2.45) is 0 Å². The number of rotatable bonds is 10. The number of carbonyl (C=O) groups excluding carboxylic acids is 2. The molecule has 1 N–H and O–H groups in total. The van der Waals surface area contributed by atoms with Crippen molar-refractivity contribution in [1.29, 1.82) is 0 Å². The minimum atomic E-state index is -0.593. The maximum absolute atomic E-state index is 12.9. The largest absolute Gasteiger partial charge is 0.484 e. The third-order valence-corrected chi connectivity index (χ3v) is 5.17. The van der Waals surface area contributed by atoms with Crippen LogP contribution >= 0.6 is 15.9 Å². The highest BCUT2D eigenvalue weighted by Crippen LogP contribution is 2.16. The van der Waals surface area contributed by atoms with Gasteiger partial charge in [0.15, 0.2) is 6.61 Å². The van der Waals surface area contributed by atoms with Gasteiger partial charge in [-0.25, -0.2) is 0 Å². The molecule has 0 saturated carbocycles. The van der Waals surface area contributed by atoms with Crippen molar-refractivity contribution in [3.05, 3.63) is 64.1 Å². The number of aryl methyl sites for hydroxylation is 1. The molecule has 2 amide bonds. The van der Waals surface area contributed by atoms with Crippen molar-refractivity contribution in [3.8, 4) is 5.75 Å². The lowest BCUT2D eigenvalue weighted by Crippen LogP contribution is -2.49. The van der Waals surface area contributed by atoms with Crippen LogP contribution in [0.3, 0.4) is 0 Å². The SMILES string of the molecule is CCCCNC(=O)[C@@H](C)N(Cc1ccc(Br)cc1)C(=O)COc1ccc(C)cc1. The first-order valence-corrected chi connectivity index (χ1v) is 10.7. The average molecular weight is 461 g/mol. The summed E-state index contributed by atoms with van der Waals surface area (Å²) in [6.07, 6.45) is 1.91.